The summed E-state index contributed by atoms with van der Waals surface area (Å²) in [6.45, 7) is 2.12. The van der Waals surface area contributed by atoms with E-state index in [9.17, 15) is 4.79 Å². The molecule has 1 amide bonds. The number of thiophene rings is 1. The number of carbonyl (C=O) groups excluding carboxylic acids is 1. The van der Waals surface area contributed by atoms with Gasteiger partial charge in [-0.25, -0.2) is 0 Å². The minimum atomic E-state index is 0.172. The Kier molecular flexibility index (Phi) is 3.23. The van der Waals surface area contributed by atoms with Gasteiger partial charge in [-0.1, -0.05) is 28.1 Å². The van der Waals surface area contributed by atoms with E-state index in [4.69, 9.17) is 0 Å². The Morgan fingerprint density at radius 3 is 2.79 bits per heavy atom. The summed E-state index contributed by atoms with van der Waals surface area (Å²) in [4.78, 5) is 16.3. The van der Waals surface area contributed by atoms with Crippen LogP contribution < -0.4 is 4.90 Å². The molecule has 1 aromatic heterocycles. The summed E-state index contributed by atoms with van der Waals surface area (Å²) in [6, 6.07) is 10.6. The third-order valence-corrected chi connectivity index (χ3v) is 5.87. The molecule has 0 radical (unpaired) electrons. The number of fused-ring (bicyclic) bond motifs is 1. The molecule has 0 bridgehead atoms. The maximum Gasteiger partial charge on any atom is 0.231 e. The van der Waals surface area contributed by atoms with Gasteiger partial charge in [0.25, 0.3) is 0 Å². The second kappa shape index (κ2) is 4.76. The molecule has 2 nitrogen and oxygen atoms in total. The molecule has 1 aliphatic heterocycles. The summed E-state index contributed by atoms with van der Waals surface area (Å²) in [6.07, 6.45) is 0.517. The van der Waals surface area contributed by atoms with Crippen LogP contribution >= 0.6 is 27.3 Å². The lowest BCUT2D eigenvalue weighted by Crippen LogP contribution is -2.20. The summed E-state index contributed by atoms with van der Waals surface area (Å²) in [7, 11) is 1.84. The van der Waals surface area contributed by atoms with E-state index in [1.54, 1.807) is 16.2 Å². The van der Waals surface area contributed by atoms with Gasteiger partial charge in [-0.15, -0.1) is 11.3 Å². The Labute approximate surface area is 125 Å². The van der Waals surface area contributed by atoms with E-state index in [2.05, 4.69) is 47.1 Å². The molecule has 1 atom stereocenters. The fraction of sp³-hybridized carbons (Fsp3) is 0.267. The second-order valence-corrected chi connectivity index (χ2v) is 7.06. The van der Waals surface area contributed by atoms with Crippen molar-refractivity contribution >= 4 is 38.9 Å². The Hall–Kier alpha value is -1.13. The molecular formula is C15H14BrNOS. The van der Waals surface area contributed by atoms with Gasteiger partial charge in [-0.2, -0.15) is 0 Å². The van der Waals surface area contributed by atoms with Crippen molar-refractivity contribution in [1.29, 1.82) is 0 Å². The predicted molar refractivity (Wildman–Crippen MR) is 83.4 cm³/mol. The molecule has 0 aliphatic carbocycles. The third-order valence-electron chi connectivity index (χ3n) is 3.48. The zero-order valence-electron chi connectivity index (χ0n) is 10.8. The van der Waals surface area contributed by atoms with E-state index >= 15 is 0 Å². The van der Waals surface area contributed by atoms with Crippen LogP contribution in [-0.2, 0) is 11.2 Å². The first kappa shape index (κ1) is 12.9. The molecule has 1 unspecified atom stereocenters. The van der Waals surface area contributed by atoms with Crippen molar-refractivity contribution in [1.82, 2.24) is 0 Å². The highest BCUT2D eigenvalue weighted by Gasteiger charge is 2.25. The molecule has 1 aromatic carbocycles. The van der Waals surface area contributed by atoms with Crippen LogP contribution in [0.25, 0.3) is 0 Å². The SMILES string of the molecule is Cc1ccc(C(Br)c2ccc3c(c2)CC(=O)N3C)s1. The van der Waals surface area contributed by atoms with E-state index in [-0.39, 0.29) is 10.7 Å². The zero-order valence-corrected chi connectivity index (χ0v) is 13.2. The first-order valence-corrected chi connectivity index (χ1v) is 7.89. The normalized spacial score (nSPS) is 15.7. The Morgan fingerprint density at radius 1 is 1.32 bits per heavy atom. The van der Waals surface area contributed by atoms with Crippen LogP contribution in [0.15, 0.2) is 30.3 Å². The number of anilines is 1. The van der Waals surface area contributed by atoms with Gasteiger partial charge in [0.05, 0.1) is 11.2 Å². The van der Waals surface area contributed by atoms with Crippen LogP contribution in [0.1, 0.15) is 25.7 Å². The molecule has 19 heavy (non-hydrogen) atoms. The van der Waals surface area contributed by atoms with Gasteiger partial charge >= 0.3 is 0 Å². The topological polar surface area (TPSA) is 20.3 Å². The van der Waals surface area contributed by atoms with Crippen LogP contribution in [-0.4, -0.2) is 13.0 Å². The zero-order chi connectivity index (χ0) is 13.6. The van der Waals surface area contributed by atoms with Crippen molar-refractivity contribution < 1.29 is 4.79 Å². The molecule has 3 rings (SSSR count). The van der Waals surface area contributed by atoms with E-state index in [1.165, 1.54) is 15.3 Å². The number of benzene rings is 1. The minimum Gasteiger partial charge on any atom is -0.315 e. The van der Waals surface area contributed by atoms with E-state index in [0.29, 0.717) is 6.42 Å². The molecule has 2 heterocycles. The lowest BCUT2D eigenvalue weighted by molar-refractivity contribution is -0.117. The van der Waals surface area contributed by atoms with E-state index in [1.807, 2.05) is 13.1 Å². The fourth-order valence-electron chi connectivity index (χ4n) is 2.40. The number of carbonyl (C=O) groups is 1. The number of hydrogen-bond acceptors (Lipinski definition) is 2. The highest BCUT2D eigenvalue weighted by Crippen LogP contribution is 2.38. The fourth-order valence-corrected chi connectivity index (χ4v) is 4.00. The average molecular weight is 336 g/mol. The summed E-state index contributed by atoms with van der Waals surface area (Å²) in [5.41, 5.74) is 3.38. The highest BCUT2D eigenvalue weighted by molar-refractivity contribution is 9.09. The van der Waals surface area contributed by atoms with E-state index < -0.39 is 0 Å². The molecule has 2 aromatic rings. The standard InChI is InChI=1S/C15H14BrNOS/c1-9-3-6-13(19-9)15(16)10-4-5-12-11(7-10)8-14(18)17(12)2/h3-7,15H,8H2,1-2H3. The van der Waals surface area contributed by atoms with Gasteiger partial charge in [0, 0.05) is 22.5 Å². The first-order chi connectivity index (χ1) is 9.06. The largest absolute Gasteiger partial charge is 0.315 e. The Bertz CT molecular complexity index is 649. The molecule has 0 saturated heterocycles. The van der Waals surface area contributed by atoms with Crippen molar-refractivity contribution in [2.45, 2.75) is 18.2 Å². The van der Waals surface area contributed by atoms with Gasteiger partial charge in [-0.05, 0) is 36.2 Å². The molecule has 0 N–H and O–H groups in total. The maximum absolute atomic E-state index is 11.7. The molecule has 1 aliphatic rings. The monoisotopic (exact) mass is 335 g/mol. The maximum atomic E-state index is 11.7. The smallest absolute Gasteiger partial charge is 0.231 e. The number of rotatable bonds is 2. The third kappa shape index (κ3) is 2.23. The van der Waals surface area contributed by atoms with E-state index in [0.717, 1.165) is 11.3 Å². The van der Waals surface area contributed by atoms with Crippen LogP contribution in [0.5, 0.6) is 0 Å². The average Bonchev–Trinajstić information content (AvgIpc) is 2.94. The molecule has 98 valence electrons. The summed E-state index contributed by atoms with van der Waals surface area (Å²) < 4.78 is 0. The first-order valence-electron chi connectivity index (χ1n) is 6.16. The number of nitrogens with zero attached hydrogens (tertiary/aromatic N) is 1. The van der Waals surface area contributed by atoms with Crippen molar-refractivity contribution in [3.05, 3.63) is 51.2 Å². The van der Waals surface area contributed by atoms with Gasteiger partial charge in [-0.3, -0.25) is 4.79 Å². The van der Waals surface area contributed by atoms with Crippen LogP contribution in [0.3, 0.4) is 0 Å². The van der Waals surface area contributed by atoms with Crippen molar-refractivity contribution in [3.8, 4) is 0 Å². The summed E-state index contributed by atoms with van der Waals surface area (Å²) in [5.74, 6) is 0.172. The molecular weight excluding hydrogens is 322 g/mol. The van der Waals surface area contributed by atoms with Crippen LogP contribution in [0.2, 0.25) is 0 Å². The lowest BCUT2D eigenvalue weighted by Gasteiger charge is -2.12. The Balaban J connectivity index is 1.95. The van der Waals surface area contributed by atoms with Gasteiger partial charge in [0.1, 0.15) is 0 Å². The van der Waals surface area contributed by atoms with Crippen LogP contribution in [0, 0.1) is 6.92 Å². The van der Waals surface area contributed by atoms with Crippen molar-refractivity contribution in [3.63, 3.8) is 0 Å². The number of hydrogen-bond donors (Lipinski definition) is 0. The number of amides is 1. The van der Waals surface area contributed by atoms with Gasteiger partial charge in [0.15, 0.2) is 0 Å². The molecule has 0 saturated carbocycles. The highest BCUT2D eigenvalue weighted by atomic mass is 79.9. The minimum absolute atomic E-state index is 0.172. The quantitative estimate of drug-likeness (QED) is 0.758. The predicted octanol–water partition coefficient (Wildman–Crippen LogP) is 4.06. The van der Waals surface area contributed by atoms with Crippen molar-refractivity contribution in [2.24, 2.45) is 0 Å². The number of alkyl halides is 1. The second-order valence-electron chi connectivity index (χ2n) is 4.83. The number of halogens is 1. The summed E-state index contributed by atoms with van der Waals surface area (Å²) >= 11 is 5.56. The van der Waals surface area contributed by atoms with Gasteiger partial charge in [0.2, 0.25) is 5.91 Å². The molecule has 4 heteroatoms. The Morgan fingerprint density at radius 2 is 2.11 bits per heavy atom. The molecule has 0 fully saturated rings. The number of likely N-dealkylation sites (N-methyl/N-ethyl adjacent to an activating group) is 1. The van der Waals surface area contributed by atoms with Crippen molar-refractivity contribution in [2.75, 3.05) is 11.9 Å². The number of aryl methyl sites for hydroxylation is 1. The van der Waals surface area contributed by atoms with Gasteiger partial charge < -0.3 is 4.90 Å². The van der Waals surface area contributed by atoms with Crippen LogP contribution in [0.4, 0.5) is 5.69 Å². The molecule has 0 spiro atoms. The lowest BCUT2D eigenvalue weighted by atomic mass is 10.1. The summed E-state index contributed by atoms with van der Waals surface area (Å²) in [5, 5.41) is 0.